The Kier molecular flexibility index (Phi) is 6.25. The Morgan fingerprint density at radius 1 is 0.676 bits per heavy atom. The van der Waals surface area contributed by atoms with Crippen molar-refractivity contribution in [3.05, 3.63) is 70.8 Å². The van der Waals surface area contributed by atoms with E-state index in [9.17, 15) is 0 Å². The van der Waals surface area contributed by atoms with E-state index in [1.54, 1.807) is 0 Å². The topological polar surface area (TPSA) is 28.2 Å². The Balaban J connectivity index is 0.919. The molecule has 0 bridgehead atoms. The average molecular weight is 462 g/mol. The van der Waals surface area contributed by atoms with E-state index in [-0.39, 0.29) is 11.2 Å². The molecule has 5 nitrogen and oxygen atoms in total. The molecule has 6 rings (SSSR count). The molecule has 2 spiro atoms. The predicted octanol–water partition coefficient (Wildman–Crippen LogP) is 3.96. The second-order valence-corrected chi connectivity index (χ2v) is 10.9. The van der Waals surface area contributed by atoms with E-state index in [1.165, 1.54) is 22.3 Å². The Labute approximate surface area is 204 Å². The van der Waals surface area contributed by atoms with Crippen LogP contribution in [0.1, 0.15) is 47.9 Å². The molecule has 2 fully saturated rings. The Morgan fingerprint density at radius 2 is 1.09 bits per heavy atom. The molecule has 0 radical (unpaired) electrons. The zero-order valence-electron chi connectivity index (χ0n) is 20.7. The van der Waals surface area contributed by atoms with Crippen LogP contribution in [0.3, 0.4) is 0 Å². The van der Waals surface area contributed by atoms with Crippen molar-refractivity contribution in [1.29, 1.82) is 0 Å². The van der Waals surface area contributed by atoms with Crippen LogP contribution in [0.4, 0.5) is 0 Å². The van der Waals surface area contributed by atoms with Crippen molar-refractivity contribution in [2.24, 2.45) is 0 Å². The van der Waals surface area contributed by atoms with Gasteiger partial charge in [-0.15, -0.1) is 0 Å². The molecule has 0 saturated carbocycles. The van der Waals surface area contributed by atoms with Crippen molar-refractivity contribution in [3.63, 3.8) is 0 Å². The zero-order chi connectivity index (χ0) is 23.0. The highest BCUT2D eigenvalue weighted by molar-refractivity contribution is 5.36. The van der Waals surface area contributed by atoms with E-state index in [0.29, 0.717) is 0 Å². The van der Waals surface area contributed by atoms with Gasteiger partial charge in [0.15, 0.2) is 0 Å². The van der Waals surface area contributed by atoms with Crippen LogP contribution >= 0.6 is 0 Å². The van der Waals surface area contributed by atoms with Crippen molar-refractivity contribution in [2.75, 3.05) is 59.4 Å². The smallest absolute Gasteiger partial charge is 0.0963 e. The van der Waals surface area contributed by atoms with E-state index in [4.69, 9.17) is 9.47 Å². The van der Waals surface area contributed by atoms with Crippen LogP contribution in [0.15, 0.2) is 48.5 Å². The van der Waals surface area contributed by atoms with Crippen LogP contribution < -0.4 is 0 Å². The fraction of sp³-hybridized carbons (Fsp3) is 0.586. The second kappa shape index (κ2) is 9.36. The number of likely N-dealkylation sites (N-methyl/N-ethyl adjacent to an activating group) is 1. The van der Waals surface area contributed by atoms with Crippen molar-refractivity contribution < 1.29 is 9.47 Å². The first-order valence-electron chi connectivity index (χ1n) is 13.2. The quantitative estimate of drug-likeness (QED) is 0.649. The van der Waals surface area contributed by atoms with Crippen LogP contribution in [0.5, 0.6) is 0 Å². The normalized spacial score (nSPS) is 23.6. The monoisotopic (exact) mass is 461 g/mol. The molecule has 2 aromatic carbocycles. The summed E-state index contributed by atoms with van der Waals surface area (Å²) in [5.74, 6) is 0. The molecule has 182 valence electrons. The Hall–Kier alpha value is -1.76. The minimum atomic E-state index is -0.0197. The largest absolute Gasteiger partial charge is 0.365 e. The number of fused-ring (bicyclic) bond motifs is 4. The third-order valence-corrected chi connectivity index (χ3v) is 8.95. The van der Waals surface area contributed by atoms with Gasteiger partial charge in [-0.05, 0) is 55.0 Å². The summed E-state index contributed by atoms with van der Waals surface area (Å²) in [7, 11) is 2.28. The van der Waals surface area contributed by atoms with Gasteiger partial charge < -0.3 is 24.2 Å². The molecule has 2 saturated heterocycles. The number of hydrogen-bond acceptors (Lipinski definition) is 5. The van der Waals surface area contributed by atoms with Crippen molar-refractivity contribution in [3.8, 4) is 0 Å². The maximum absolute atomic E-state index is 6.33. The fourth-order valence-corrected chi connectivity index (χ4v) is 6.61. The minimum absolute atomic E-state index is 0.0197. The fourth-order valence-electron chi connectivity index (χ4n) is 6.61. The summed E-state index contributed by atoms with van der Waals surface area (Å²) in [6, 6.07) is 17.6. The predicted molar refractivity (Wildman–Crippen MR) is 135 cm³/mol. The highest BCUT2D eigenvalue weighted by atomic mass is 16.5. The number of benzene rings is 2. The summed E-state index contributed by atoms with van der Waals surface area (Å²) in [6.45, 7) is 10.7. The summed E-state index contributed by atoms with van der Waals surface area (Å²) in [6.07, 6.45) is 4.48. The minimum Gasteiger partial charge on any atom is -0.365 e. The number of rotatable bonds is 6. The molecule has 4 aliphatic rings. The van der Waals surface area contributed by atoms with E-state index in [1.807, 2.05) is 0 Å². The van der Waals surface area contributed by atoms with Gasteiger partial charge in [0, 0.05) is 52.4 Å². The average Bonchev–Trinajstić information content (AvgIpc) is 3.43. The van der Waals surface area contributed by atoms with Crippen LogP contribution in [0, 0.1) is 0 Å². The maximum Gasteiger partial charge on any atom is 0.0963 e. The van der Waals surface area contributed by atoms with Crippen LogP contribution in [0.25, 0.3) is 0 Å². The first-order chi connectivity index (χ1) is 16.7. The number of hydrogen-bond donors (Lipinski definition) is 0. The van der Waals surface area contributed by atoms with Gasteiger partial charge in [-0.25, -0.2) is 0 Å². The van der Waals surface area contributed by atoms with Gasteiger partial charge in [0.25, 0.3) is 0 Å². The highest BCUT2D eigenvalue weighted by Crippen LogP contribution is 2.45. The van der Waals surface area contributed by atoms with Crippen LogP contribution in [-0.4, -0.2) is 74.1 Å². The van der Waals surface area contributed by atoms with Crippen LogP contribution in [0.2, 0.25) is 0 Å². The lowest BCUT2D eigenvalue weighted by molar-refractivity contribution is -0.0804. The van der Waals surface area contributed by atoms with Gasteiger partial charge in [-0.3, -0.25) is 0 Å². The van der Waals surface area contributed by atoms with E-state index >= 15 is 0 Å². The van der Waals surface area contributed by atoms with Crippen molar-refractivity contribution >= 4 is 0 Å². The number of piperidine rings is 2. The third kappa shape index (κ3) is 4.22. The van der Waals surface area contributed by atoms with Gasteiger partial charge >= 0.3 is 0 Å². The van der Waals surface area contributed by atoms with Gasteiger partial charge in [-0.1, -0.05) is 48.5 Å². The SMILES string of the molecule is CN(CCN1CCC2(CC1)OCc1ccccc12)CCN1CCC2(CC1)OCc1ccccc12. The lowest BCUT2D eigenvalue weighted by atomic mass is 9.84. The third-order valence-electron chi connectivity index (χ3n) is 8.95. The summed E-state index contributed by atoms with van der Waals surface area (Å²) in [5, 5.41) is 0. The molecule has 5 heteroatoms. The van der Waals surface area contributed by atoms with Gasteiger partial charge in [0.1, 0.15) is 0 Å². The molecule has 34 heavy (non-hydrogen) atoms. The summed E-state index contributed by atoms with van der Waals surface area (Å²) in [4.78, 5) is 7.77. The molecule has 2 aromatic rings. The van der Waals surface area contributed by atoms with Crippen molar-refractivity contribution in [2.45, 2.75) is 50.1 Å². The summed E-state index contributed by atoms with van der Waals surface area (Å²) >= 11 is 0. The van der Waals surface area contributed by atoms with Crippen LogP contribution in [-0.2, 0) is 33.9 Å². The molecular formula is C29H39N3O2. The molecule has 0 unspecified atom stereocenters. The summed E-state index contributed by atoms with van der Waals surface area (Å²) < 4.78 is 12.7. The molecule has 0 aliphatic carbocycles. The first-order valence-corrected chi connectivity index (χ1v) is 13.2. The first kappa shape index (κ1) is 22.7. The Morgan fingerprint density at radius 3 is 1.53 bits per heavy atom. The lowest BCUT2D eigenvalue weighted by Crippen LogP contribution is -2.46. The maximum atomic E-state index is 6.33. The molecule has 0 aromatic heterocycles. The standard InChI is InChI=1S/C29H39N3O2/c1-30(18-20-31-14-10-28(11-15-31)26-8-4-2-6-24(26)22-33-28)19-21-32-16-12-29(13-17-32)27-9-5-3-7-25(27)23-34-29/h2-9H,10-23H2,1H3. The molecule has 4 aliphatic heterocycles. The van der Waals surface area contributed by atoms with Gasteiger partial charge in [0.05, 0.1) is 24.4 Å². The molecule has 0 N–H and O–H groups in total. The van der Waals surface area contributed by atoms with E-state index in [2.05, 4.69) is 70.3 Å². The van der Waals surface area contributed by atoms with E-state index < -0.39 is 0 Å². The van der Waals surface area contributed by atoms with E-state index in [0.717, 1.165) is 91.3 Å². The molecular weight excluding hydrogens is 422 g/mol. The van der Waals surface area contributed by atoms with Gasteiger partial charge in [-0.2, -0.15) is 0 Å². The second-order valence-electron chi connectivity index (χ2n) is 10.9. The lowest BCUT2D eigenvalue weighted by Gasteiger charge is -2.40. The molecule has 0 atom stereocenters. The van der Waals surface area contributed by atoms with Gasteiger partial charge in [0.2, 0.25) is 0 Å². The number of ether oxygens (including phenoxy) is 2. The number of nitrogens with zero attached hydrogens (tertiary/aromatic N) is 3. The Bertz CT molecular complexity index is 913. The zero-order valence-corrected chi connectivity index (χ0v) is 20.7. The molecule has 0 amide bonds. The number of likely N-dealkylation sites (tertiary alicyclic amines) is 2. The van der Waals surface area contributed by atoms with Crippen molar-refractivity contribution in [1.82, 2.24) is 14.7 Å². The highest BCUT2D eigenvalue weighted by Gasteiger charge is 2.43. The molecule has 4 heterocycles. The summed E-state index contributed by atoms with van der Waals surface area (Å²) in [5.41, 5.74) is 5.64.